The lowest BCUT2D eigenvalue weighted by atomic mass is 10.0. The molecule has 0 saturated carbocycles. The summed E-state index contributed by atoms with van der Waals surface area (Å²) in [6.07, 6.45) is 6.66. The SMILES string of the molecule is O=C[C@H](Cc1ccccc1)NC(=O)c1ccccc1/C=C/c1ccccn1. The van der Waals surface area contributed by atoms with E-state index in [2.05, 4.69) is 10.3 Å². The highest BCUT2D eigenvalue weighted by Crippen LogP contribution is 2.13. The van der Waals surface area contributed by atoms with Gasteiger partial charge in [-0.05, 0) is 41.8 Å². The molecule has 0 spiro atoms. The highest BCUT2D eigenvalue weighted by molar-refractivity contribution is 5.99. The minimum atomic E-state index is -0.576. The first-order valence-electron chi connectivity index (χ1n) is 8.74. The van der Waals surface area contributed by atoms with Gasteiger partial charge in [-0.15, -0.1) is 0 Å². The number of aromatic nitrogens is 1. The highest BCUT2D eigenvalue weighted by atomic mass is 16.2. The average molecular weight is 356 g/mol. The van der Waals surface area contributed by atoms with E-state index < -0.39 is 6.04 Å². The summed E-state index contributed by atoms with van der Waals surface area (Å²) in [7, 11) is 0. The Kier molecular flexibility index (Phi) is 6.26. The number of hydrogen-bond donors (Lipinski definition) is 1. The van der Waals surface area contributed by atoms with E-state index in [1.54, 1.807) is 18.3 Å². The zero-order chi connectivity index (χ0) is 18.9. The number of rotatable bonds is 7. The first kappa shape index (κ1) is 18.3. The van der Waals surface area contributed by atoms with Crippen molar-refractivity contribution in [1.82, 2.24) is 10.3 Å². The maximum Gasteiger partial charge on any atom is 0.252 e. The number of nitrogens with one attached hydrogen (secondary N) is 1. The molecule has 1 heterocycles. The minimum absolute atomic E-state index is 0.274. The lowest BCUT2D eigenvalue weighted by Gasteiger charge is -2.14. The van der Waals surface area contributed by atoms with Crippen molar-refractivity contribution in [3.05, 3.63) is 101 Å². The Morgan fingerprint density at radius 3 is 2.41 bits per heavy atom. The van der Waals surface area contributed by atoms with Crippen LogP contribution < -0.4 is 5.32 Å². The molecule has 0 fully saturated rings. The van der Waals surface area contributed by atoms with E-state index in [1.165, 1.54) is 0 Å². The summed E-state index contributed by atoms with van der Waals surface area (Å²) in [4.78, 5) is 28.4. The number of benzene rings is 2. The minimum Gasteiger partial charge on any atom is -0.342 e. The molecule has 1 amide bonds. The van der Waals surface area contributed by atoms with Crippen LogP contribution in [0.3, 0.4) is 0 Å². The molecule has 1 N–H and O–H groups in total. The molecule has 3 aromatic rings. The molecule has 1 aromatic heterocycles. The summed E-state index contributed by atoms with van der Waals surface area (Å²) in [5.41, 5.74) is 3.09. The van der Waals surface area contributed by atoms with E-state index >= 15 is 0 Å². The Morgan fingerprint density at radius 2 is 1.67 bits per heavy atom. The van der Waals surface area contributed by atoms with Gasteiger partial charge in [0.15, 0.2) is 0 Å². The third-order valence-corrected chi connectivity index (χ3v) is 4.11. The molecule has 0 aliphatic heterocycles. The number of amides is 1. The van der Waals surface area contributed by atoms with Crippen LogP contribution in [0.2, 0.25) is 0 Å². The molecular weight excluding hydrogens is 336 g/mol. The largest absolute Gasteiger partial charge is 0.342 e. The van der Waals surface area contributed by atoms with Crippen LogP contribution in [-0.2, 0) is 11.2 Å². The number of aldehydes is 1. The van der Waals surface area contributed by atoms with Crippen molar-refractivity contribution >= 4 is 24.3 Å². The second kappa shape index (κ2) is 9.25. The zero-order valence-corrected chi connectivity index (χ0v) is 14.8. The van der Waals surface area contributed by atoms with Gasteiger partial charge >= 0.3 is 0 Å². The topological polar surface area (TPSA) is 59.1 Å². The van der Waals surface area contributed by atoms with Gasteiger partial charge in [0.05, 0.1) is 11.7 Å². The summed E-state index contributed by atoms with van der Waals surface area (Å²) < 4.78 is 0. The Bertz CT molecular complexity index is 921. The van der Waals surface area contributed by atoms with Crippen LogP contribution in [0.5, 0.6) is 0 Å². The van der Waals surface area contributed by atoms with Crippen LogP contribution in [0.1, 0.15) is 27.2 Å². The predicted octanol–water partition coefficient (Wildman–Crippen LogP) is 3.79. The summed E-state index contributed by atoms with van der Waals surface area (Å²) in [6.45, 7) is 0. The van der Waals surface area contributed by atoms with Crippen LogP contribution in [0.15, 0.2) is 79.0 Å². The second-order valence-electron chi connectivity index (χ2n) is 6.08. The highest BCUT2D eigenvalue weighted by Gasteiger charge is 2.15. The first-order valence-corrected chi connectivity index (χ1v) is 8.74. The fraction of sp³-hybridized carbons (Fsp3) is 0.0870. The molecule has 1 atom stereocenters. The van der Waals surface area contributed by atoms with Crippen molar-refractivity contribution in [3.8, 4) is 0 Å². The fourth-order valence-corrected chi connectivity index (χ4v) is 2.75. The van der Waals surface area contributed by atoms with Crippen molar-refractivity contribution in [1.29, 1.82) is 0 Å². The molecule has 3 rings (SSSR count). The zero-order valence-electron chi connectivity index (χ0n) is 14.8. The van der Waals surface area contributed by atoms with Crippen LogP contribution >= 0.6 is 0 Å². The molecule has 4 heteroatoms. The quantitative estimate of drug-likeness (QED) is 0.655. The molecule has 0 unspecified atom stereocenters. The molecule has 0 radical (unpaired) electrons. The van der Waals surface area contributed by atoms with Crippen molar-refractivity contribution < 1.29 is 9.59 Å². The van der Waals surface area contributed by atoms with Gasteiger partial charge in [-0.25, -0.2) is 0 Å². The second-order valence-corrected chi connectivity index (χ2v) is 6.08. The number of nitrogens with zero attached hydrogens (tertiary/aromatic N) is 1. The smallest absolute Gasteiger partial charge is 0.252 e. The van der Waals surface area contributed by atoms with Crippen LogP contribution in [0.25, 0.3) is 12.2 Å². The maximum absolute atomic E-state index is 12.7. The van der Waals surface area contributed by atoms with Gasteiger partial charge in [-0.1, -0.05) is 60.7 Å². The summed E-state index contributed by atoms with van der Waals surface area (Å²) in [5.74, 6) is -0.274. The average Bonchev–Trinajstić information content (AvgIpc) is 2.73. The summed E-state index contributed by atoms with van der Waals surface area (Å²) >= 11 is 0. The van der Waals surface area contributed by atoms with E-state index in [1.807, 2.05) is 72.8 Å². The third-order valence-electron chi connectivity index (χ3n) is 4.11. The molecule has 0 bridgehead atoms. The molecule has 0 aliphatic rings. The van der Waals surface area contributed by atoms with Crippen LogP contribution in [0.4, 0.5) is 0 Å². The van der Waals surface area contributed by atoms with E-state index in [-0.39, 0.29) is 5.91 Å². The van der Waals surface area contributed by atoms with Crippen molar-refractivity contribution in [3.63, 3.8) is 0 Å². The third kappa shape index (κ3) is 5.22. The molecule has 2 aromatic carbocycles. The number of hydrogen-bond acceptors (Lipinski definition) is 3. The number of carbonyl (C=O) groups excluding carboxylic acids is 2. The van der Waals surface area contributed by atoms with Gasteiger partial charge in [0.2, 0.25) is 0 Å². The summed E-state index contributed by atoms with van der Waals surface area (Å²) in [5, 5.41) is 2.81. The molecule has 4 nitrogen and oxygen atoms in total. The van der Waals surface area contributed by atoms with Crippen LogP contribution in [-0.4, -0.2) is 23.2 Å². The van der Waals surface area contributed by atoms with Gasteiger partial charge in [-0.2, -0.15) is 0 Å². The lowest BCUT2D eigenvalue weighted by molar-refractivity contribution is -0.109. The van der Waals surface area contributed by atoms with Crippen LogP contribution in [0, 0.1) is 0 Å². The fourth-order valence-electron chi connectivity index (χ4n) is 2.75. The molecule has 0 aliphatic carbocycles. The van der Waals surface area contributed by atoms with E-state index in [0.29, 0.717) is 12.0 Å². The summed E-state index contributed by atoms with van der Waals surface area (Å²) in [6, 6.07) is 22.0. The Hall–Kier alpha value is -3.53. The van der Waals surface area contributed by atoms with Crippen molar-refractivity contribution in [2.24, 2.45) is 0 Å². The van der Waals surface area contributed by atoms with E-state index in [9.17, 15) is 9.59 Å². The first-order chi connectivity index (χ1) is 13.3. The van der Waals surface area contributed by atoms with Crippen molar-refractivity contribution in [2.75, 3.05) is 0 Å². The Morgan fingerprint density at radius 1 is 0.926 bits per heavy atom. The maximum atomic E-state index is 12.7. The van der Waals surface area contributed by atoms with E-state index in [0.717, 1.165) is 23.1 Å². The molecule has 134 valence electrons. The van der Waals surface area contributed by atoms with Crippen molar-refractivity contribution in [2.45, 2.75) is 12.5 Å². The van der Waals surface area contributed by atoms with Gasteiger partial charge < -0.3 is 10.1 Å². The van der Waals surface area contributed by atoms with E-state index in [4.69, 9.17) is 0 Å². The Balaban J connectivity index is 1.74. The predicted molar refractivity (Wildman–Crippen MR) is 107 cm³/mol. The molecule has 0 saturated heterocycles. The van der Waals surface area contributed by atoms with Gasteiger partial charge in [0, 0.05) is 11.8 Å². The van der Waals surface area contributed by atoms with Gasteiger partial charge in [0.1, 0.15) is 6.29 Å². The normalized spacial score (nSPS) is 11.9. The standard InChI is InChI=1S/C23H20N2O2/c26-17-21(16-18-8-2-1-3-9-18)25-23(27)22-12-5-4-10-19(22)13-14-20-11-6-7-15-24-20/h1-15,17,21H,16H2,(H,25,27)/b14-13+/t21-/m0/s1. The number of pyridine rings is 1. The molecule has 27 heavy (non-hydrogen) atoms. The van der Waals surface area contributed by atoms with Gasteiger partial charge in [0.25, 0.3) is 5.91 Å². The van der Waals surface area contributed by atoms with Gasteiger partial charge in [-0.3, -0.25) is 9.78 Å². The monoisotopic (exact) mass is 356 g/mol. The number of carbonyl (C=O) groups is 2. The molecular formula is C23H20N2O2. The lowest BCUT2D eigenvalue weighted by Crippen LogP contribution is -2.37. The Labute approximate surface area is 158 Å².